The van der Waals surface area contributed by atoms with Gasteiger partial charge in [0, 0.05) is 34.9 Å². The number of hydrogen-bond acceptors (Lipinski definition) is 2. The molecule has 15 heavy (non-hydrogen) atoms. The average molecular weight is 202 g/mol. The highest BCUT2D eigenvalue weighted by Gasteiger charge is 2.28. The molecule has 1 N–H and O–H groups in total. The standard InChI is InChI=1S/C11H10N2O2/c14-13(15)9-4-7-2-1-3-10-11(7)8(5-9)6-12-10/h1-3,6,9,12H,4-5H2. The zero-order valence-electron chi connectivity index (χ0n) is 8.06. The smallest absolute Gasteiger partial charge is 0.221 e. The first-order valence-corrected chi connectivity index (χ1v) is 4.97. The molecule has 4 nitrogen and oxygen atoms in total. The predicted octanol–water partition coefficient (Wildman–Crippen LogP) is 1.91. The van der Waals surface area contributed by atoms with Gasteiger partial charge in [-0.2, -0.15) is 0 Å². The Morgan fingerprint density at radius 2 is 2.13 bits per heavy atom. The van der Waals surface area contributed by atoms with Gasteiger partial charge in [-0.1, -0.05) is 12.1 Å². The Morgan fingerprint density at radius 3 is 2.93 bits per heavy atom. The van der Waals surface area contributed by atoms with Crippen LogP contribution in [0.3, 0.4) is 0 Å². The molecular formula is C11H10N2O2. The SMILES string of the molecule is O=[N+]([O-])C1Cc2cccc3[nH]cc(c23)C1. The van der Waals surface area contributed by atoms with Gasteiger partial charge in [0.2, 0.25) is 6.04 Å². The average Bonchev–Trinajstić information content (AvgIpc) is 2.64. The van der Waals surface area contributed by atoms with Crippen LogP contribution in [0.4, 0.5) is 0 Å². The van der Waals surface area contributed by atoms with Gasteiger partial charge < -0.3 is 4.98 Å². The Balaban J connectivity index is 2.20. The number of nitrogens with zero attached hydrogens (tertiary/aromatic N) is 1. The highest BCUT2D eigenvalue weighted by Crippen LogP contribution is 2.30. The number of nitro groups is 1. The lowest BCUT2D eigenvalue weighted by Gasteiger charge is -2.16. The zero-order chi connectivity index (χ0) is 10.4. The Hall–Kier alpha value is -1.84. The van der Waals surface area contributed by atoms with E-state index in [1.807, 2.05) is 24.4 Å². The van der Waals surface area contributed by atoms with E-state index in [9.17, 15) is 10.1 Å². The van der Waals surface area contributed by atoms with E-state index in [-0.39, 0.29) is 4.92 Å². The lowest BCUT2D eigenvalue weighted by Crippen LogP contribution is -2.27. The summed E-state index contributed by atoms with van der Waals surface area (Å²) in [5.41, 5.74) is 3.26. The minimum Gasteiger partial charge on any atom is -0.361 e. The molecule has 3 rings (SSSR count). The van der Waals surface area contributed by atoms with Crippen LogP contribution in [0.5, 0.6) is 0 Å². The summed E-state index contributed by atoms with van der Waals surface area (Å²) in [5.74, 6) is 0. The Bertz CT molecular complexity index is 545. The van der Waals surface area contributed by atoms with Gasteiger partial charge in [0.25, 0.3) is 0 Å². The second-order valence-electron chi connectivity index (χ2n) is 4.00. The zero-order valence-corrected chi connectivity index (χ0v) is 8.06. The van der Waals surface area contributed by atoms with Crippen LogP contribution < -0.4 is 0 Å². The first-order chi connectivity index (χ1) is 7.25. The van der Waals surface area contributed by atoms with E-state index < -0.39 is 6.04 Å². The van der Waals surface area contributed by atoms with Crippen LogP contribution in [-0.4, -0.2) is 15.9 Å². The van der Waals surface area contributed by atoms with Gasteiger partial charge in [0.15, 0.2) is 0 Å². The molecule has 1 atom stereocenters. The maximum absolute atomic E-state index is 10.8. The Morgan fingerprint density at radius 1 is 1.33 bits per heavy atom. The van der Waals surface area contributed by atoms with Crippen LogP contribution in [0.25, 0.3) is 10.9 Å². The summed E-state index contributed by atoms with van der Waals surface area (Å²) >= 11 is 0. The van der Waals surface area contributed by atoms with Crippen molar-refractivity contribution in [2.24, 2.45) is 0 Å². The van der Waals surface area contributed by atoms with Crippen molar-refractivity contribution in [2.45, 2.75) is 18.9 Å². The summed E-state index contributed by atoms with van der Waals surface area (Å²) < 4.78 is 0. The second-order valence-corrected chi connectivity index (χ2v) is 4.00. The summed E-state index contributed by atoms with van der Waals surface area (Å²) in [6.07, 6.45) is 2.99. The van der Waals surface area contributed by atoms with Crippen molar-refractivity contribution in [3.05, 3.63) is 45.6 Å². The third kappa shape index (κ3) is 1.14. The van der Waals surface area contributed by atoms with Crippen LogP contribution in [-0.2, 0) is 12.8 Å². The molecule has 0 aliphatic heterocycles. The summed E-state index contributed by atoms with van der Waals surface area (Å²) in [6, 6.07) is 5.48. The van der Waals surface area contributed by atoms with Gasteiger partial charge in [0.05, 0.1) is 0 Å². The van der Waals surface area contributed by atoms with Crippen molar-refractivity contribution in [2.75, 3.05) is 0 Å². The van der Waals surface area contributed by atoms with Gasteiger partial charge in [-0.15, -0.1) is 0 Å². The van der Waals surface area contributed by atoms with E-state index in [0.717, 1.165) is 16.6 Å². The number of benzene rings is 1. The molecule has 0 saturated carbocycles. The van der Waals surface area contributed by atoms with E-state index in [4.69, 9.17) is 0 Å². The van der Waals surface area contributed by atoms with Gasteiger partial charge in [-0.25, -0.2) is 0 Å². The van der Waals surface area contributed by atoms with Crippen molar-refractivity contribution in [1.82, 2.24) is 4.98 Å². The number of rotatable bonds is 1. The molecule has 0 fully saturated rings. The summed E-state index contributed by atoms with van der Waals surface area (Å²) in [4.78, 5) is 13.8. The normalized spacial score (nSPS) is 19.3. The molecule has 4 heteroatoms. The van der Waals surface area contributed by atoms with E-state index in [0.29, 0.717) is 12.8 Å². The maximum atomic E-state index is 10.8. The molecule has 0 amide bonds. The lowest BCUT2D eigenvalue weighted by atomic mass is 9.90. The van der Waals surface area contributed by atoms with E-state index >= 15 is 0 Å². The van der Waals surface area contributed by atoms with E-state index in [1.165, 1.54) is 5.39 Å². The van der Waals surface area contributed by atoms with Gasteiger partial charge in [-0.3, -0.25) is 10.1 Å². The number of aromatic amines is 1. The van der Waals surface area contributed by atoms with Crippen LogP contribution >= 0.6 is 0 Å². The molecule has 2 aromatic rings. The maximum Gasteiger partial charge on any atom is 0.221 e. The number of aromatic nitrogens is 1. The molecule has 0 radical (unpaired) electrons. The highest BCUT2D eigenvalue weighted by atomic mass is 16.6. The minimum absolute atomic E-state index is 0.172. The number of H-pyrrole nitrogens is 1. The second kappa shape index (κ2) is 2.82. The van der Waals surface area contributed by atoms with Gasteiger partial charge >= 0.3 is 0 Å². The molecule has 0 bridgehead atoms. The molecule has 76 valence electrons. The fraction of sp³-hybridized carbons (Fsp3) is 0.273. The molecule has 0 saturated heterocycles. The molecule has 1 heterocycles. The fourth-order valence-corrected chi connectivity index (χ4v) is 2.40. The van der Waals surface area contributed by atoms with Gasteiger partial charge in [-0.05, 0) is 17.2 Å². The van der Waals surface area contributed by atoms with Crippen molar-refractivity contribution in [3.63, 3.8) is 0 Å². The van der Waals surface area contributed by atoms with Crippen LogP contribution in [0.1, 0.15) is 11.1 Å². The van der Waals surface area contributed by atoms with Crippen LogP contribution in [0, 0.1) is 10.1 Å². The third-order valence-corrected chi connectivity index (χ3v) is 3.08. The monoisotopic (exact) mass is 202 g/mol. The largest absolute Gasteiger partial charge is 0.361 e. The fourth-order valence-electron chi connectivity index (χ4n) is 2.40. The molecule has 1 unspecified atom stereocenters. The van der Waals surface area contributed by atoms with Crippen molar-refractivity contribution in [1.29, 1.82) is 0 Å². The number of hydrogen-bond donors (Lipinski definition) is 1. The molecule has 1 aliphatic carbocycles. The minimum atomic E-state index is -0.459. The first-order valence-electron chi connectivity index (χ1n) is 4.97. The molecule has 0 spiro atoms. The topological polar surface area (TPSA) is 58.9 Å². The Kier molecular flexibility index (Phi) is 1.59. The summed E-state index contributed by atoms with van der Waals surface area (Å²) in [6.45, 7) is 0. The molecule has 1 aromatic carbocycles. The number of nitrogens with one attached hydrogen (secondary N) is 1. The van der Waals surface area contributed by atoms with E-state index in [2.05, 4.69) is 4.98 Å². The molecule has 1 aromatic heterocycles. The molecule has 1 aliphatic rings. The van der Waals surface area contributed by atoms with Crippen LogP contribution in [0.15, 0.2) is 24.4 Å². The van der Waals surface area contributed by atoms with Crippen molar-refractivity contribution in [3.8, 4) is 0 Å². The molecular weight excluding hydrogens is 192 g/mol. The first kappa shape index (κ1) is 8.47. The lowest BCUT2D eigenvalue weighted by molar-refractivity contribution is -0.521. The quantitative estimate of drug-likeness (QED) is 0.567. The summed E-state index contributed by atoms with van der Waals surface area (Å²) in [5, 5.41) is 12.0. The van der Waals surface area contributed by atoms with Crippen molar-refractivity contribution >= 4 is 10.9 Å². The van der Waals surface area contributed by atoms with Crippen LogP contribution in [0.2, 0.25) is 0 Å². The highest BCUT2D eigenvalue weighted by molar-refractivity contribution is 5.87. The van der Waals surface area contributed by atoms with Gasteiger partial charge in [0.1, 0.15) is 0 Å². The van der Waals surface area contributed by atoms with Crippen molar-refractivity contribution < 1.29 is 4.92 Å². The predicted molar refractivity (Wildman–Crippen MR) is 56.5 cm³/mol. The Labute approximate surface area is 86.1 Å². The van der Waals surface area contributed by atoms with E-state index in [1.54, 1.807) is 0 Å². The third-order valence-electron chi connectivity index (χ3n) is 3.08. The summed E-state index contributed by atoms with van der Waals surface area (Å²) in [7, 11) is 0.